The third-order valence-electron chi connectivity index (χ3n) is 1.91. The van der Waals surface area contributed by atoms with E-state index >= 15 is 0 Å². The van der Waals surface area contributed by atoms with Crippen LogP contribution in [0.5, 0.6) is 0 Å². The van der Waals surface area contributed by atoms with Gasteiger partial charge in [0.15, 0.2) is 0 Å². The molecule has 0 aliphatic heterocycles. The summed E-state index contributed by atoms with van der Waals surface area (Å²) in [5, 5.41) is 9.24. The lowest BCUT2D eigenvalue weighted by atomic mass is 10.3. The number of aromatic nitrogens is 2. The van der Waals surface area contributed by atoms with Crippen molar-refractivity contribution in [3.63, 3.8) is 0 Å². The highest BCUT2D eigenvalue weighted by Crippen LogP contribution is 2.03. The van der Waals surface area contributed by atoms with E-state index in [1.807, 2.05) is 0 Å². The molecule has 0 saturated heterocycles. The van der Waals surface area contributed by atoms with Crippen molar-refractivity contribution in [2.24, 2.45) is 0 Å². The maximum Gasteiger partial charge on any atom is 0.277 e. The molecule has 8 heteroatoms. The summed E-state index contributed by atoms with van der Waals surface area (Å²) in [7, 11) is 3.08. The van der Waals surface area contributed by atoms with Gasteiger partial charge in [0.25, 0.3) is 5.91 Å². The molecule has 1 aromatic heterocycles. The molecular weight excluding hydrogens is 216 g/mol. The lowest BCUT2D eigenvalue weighted by molar-refractivity contribution is 0.0284. The van der Waals surface area contributed by atoms with Crippen LogP contribution in [0.4, 0.5) is 5.82 Å². The van der Waals surface area contributed by atoms with Gasteiger partial charge in [0.1, 0.15) is 0 Å². The van der Waals surface area contributed by atoms with Crippen LogP contribution in [0.25, 0.3) is 0 Å². The molecule has 0 spiro atoms. The van der Waals surface area contributed by atoms with E-state index in [-0.39, 0.29) is 24.2 Å². The first kappa shape index (κ1) is 12.4. The quantitative estimate of drug-likeness (QED) is 0.647. The van der Waals surface area contributed by atoms with Gasteiger partial charge in [-0.05, 0) is 10.3 Å². The summed E-state index contributed by atoms with van der Waals surface area (Å²) < 4.78 is 14.3. The van der Waals surface area contributed by atoms with Gasteiger partial charge >= 0.3 is 0 Å². The molecule has 90 valence electrons. The molecule has 1 heterocycles. The molecule has 1 aromatic rings. The molecule has 0 bridgehead atoms. The molecular formula is C8H14N4O4. The van der Waals surface area contributed by atoms with E-state index < -0.39 is 5.91 Å². The summed E-state index contributed by atoms with van der Waals surface area (Å²) in [6.45, 7) is 0.665. The van der Waals surface area contributed by atoms with Crippen LogP contribution >= 0.6 is 0 Å². The van der Waals surface area contributed by atoms with Crippen LogP contribution in [0.1, 0.15) is 10.5 Å². The summed E-state index contributed by atoms with van der Waals surface area (Å²) in [4.78, 5) is 11.5. The third-order valence-corrected chi connectivity index (χ3v) is 1.91. The minimum absolute atomic E-state index is 0.0349. The number of nitrogens with one attached hydrogen (secondary N) is 1. The smallest absolute Gasteiger partial charge is 0.277 e. The number of methoxy groups -OCH3 is 2. The molecule has 1 unspecified atom stereocenters. The first-order valence-corrected chi connectivity index (χ1v) is 4.57. The van der Waals surface area contributed by atoms with Gasteiger partial charge in [0.2, 0.25) is 11.5 Å². The van der Waals surface area contributed by atoms with E-state index in [4.69, 9.17) is 15.2 Å². The van der Waals surface area contributed by atoms with Gasteiger partial charge in [0, 0.05) is 20.8 Å². The number of ether oxygens (including phenoxy) is 2. The highest BCUT2D eigenvalue weighted by molar-refractivity contribution is 5.95. The number of rotatable bonds is 6. The van der Waals surface area contributed by atoms with E-state index in [1.165, 1.54) is 7.11 Å². The van der Waals surface area contributed by atoms with Crippen LogP contribution in [0.15, 0.2) is 4.63 Å². The Balaban J connectivity index is 2.43. The van der Waals surface area contributed by atoms with Crippen LogP contribution < -0.4 is 11.1 Å². The molecule has 1 rings (SSSR count). The molecule has 0 radical (unpaired) electrons. The molecule has 1 atom stereocenters. The standard InChI is InChI=1S/C8H14N4O4/c1-14-4-5(15-2)3-10-8(13)6-7(9)12-16-11-6/h5H,3-4H2,1-2H3,(H2,9,12)(H,10,13). The highest BCUT2D eigenvalue weighted by atomic mass is 16.6. The molecule has 8 nitrogen and oxygen atoms in total. The third kappa shape index (κ3) is 3.17. The highest BCUT2D eigenvalue weighted by Gasteiger charge is 2.17. The summed E-state index contributed by atoms with van der Waals surface area (Å²) in [6, 6.07) is 0. The minimum Gasteiger partial charge on any atom is -0.382 e. The van der Waals surface area contributed by atoms with Crippen molar-refractivity contribution in [2.45, 2.75) is 6.10 Å². The van der Waals surface area contributed by atoms with Crippen molar-refractivity contribution in [3.05, 3.63) is 5.69 Å². The van der Waals surface area contributed by atoms with E-state index in [9.17, 15) is 4.79 Å². The fourth-order valence-electron chi connectivity index (χ4n) is 1.04. The molecule has 16 heavy (non-hydrogen) atoms. The summed E-state index contributed by atoms with van der Waals surface area (Å²) >= 11 is 0. The number of nitrogens with two attached hydrogens (primary N) is 1. The summed E-state index contributed by atoms with van der Waals surface area (Å²) in [5.41, 5.74) is 5.32. The second kappa shape index (κ2) is 6.03. The maximum atomic E-state index is 11.5. The SMILES string of the molecule is COCC(CNC(=O)c1nonc1N)OC. The maximum absolute atomic E-state index is 11.5. The van der Waals surface area contributed by atoms with Gasteiger partial charge in [-0.25, -0.2) is 4.63 Å². The van der Waals surface area contributed by atoms with E-state index in [0.29, 0.717) is 6.61 Å². The largest absolute Gasteiger partial charge is 0.382 e. The second-order valence-corrected chi connectivity index (χ2v) is 3.02. The van der Waals surface area contributed by atoms with E-state index in [1.54, 1.807) is 7.11 Å². The monoisotopic (exact) mass is 230 g/mol. The van der Waals surface area contributed by atoms with Crippen molar-refractivity contribution in [3.8, 4) is 0 Å². The van der Waals surface area contributed by atoms with Crippen LogP contribution in [0.2, 0.25) is 0 Å². The molecule has 0 aliphatic carbocycles. The minimum atomic E-state index is -0.461. The fourth-order valence-corrected chi connectivity index (χ4v) is 1.04. The Morgan fingerprint density at radius 1 is 1.56 bits per heavy atom. The Kier molecular flexibility index (Phi) is 4.67. The lowest BCUT2D eigenvalue weighted by Gasteiger charge is -2.14. The van der Waals surface area contributed by atoms with Crippen molar-refractivity contribution in [1.29, 1.82) is 0 Å². The predicted octanol–water partition coefficient (Wildman–Crippen LogP) is -0.957. The normalized spacial score (nSPS) is 12.4. The van der Waals surface area contributed by atoms with Crippen LogP contribution in [-0.4, -0.2) is 49.7 Å². The number of amides is 1. The second-order valence-electron chi connectivity index (χ2n) is 3.02. The summed E-state index contributed by atoms with van der Waals surface area (Å²) in [5.74, 6) is -0.505. The zero-order chi connectivity index (χ0) is 12.0. The first-order chi connectivity index (χ1) is 7.69. The van der Waals surface area contributed by atoms with Gasteiger partial charge in [0.05, 0.1) is 12.7 Å². The molecule has 0 saturated carbocycles. The van der Waals surface area contributed by atoms with Gasteiger partial charge in [-0.3, -0.25) is 4.79 Å². The Morgan fingerprint density at radius 3 is 2.81 bits per heavy atom. The molecule has 0 aliphatic rings. The zero-order valence-corrected chi connectivity index (χ0v) is 9.10. The number of nitrogens with zero attached hydrogens (tertiary/aromatic N) is 2. The number of anilines is 1. The van der Waals surface area contributed by atoms with Gasteiger partial charge in [-0.2, -0.15) is 0 Å². The Bertz CT molecular complexity index is 341. The molecule has 3 N–H and O–H groups in total. The van der Waals surface area contributed by atoms with Crippen molar-refractivity contribution >= 4 is 11.7 Å². The zero-order valence-electron chi connectivity index (χ0n) is 9.10. The number of carbonyl (C=O) groups excluding carboxylic acids is 1. The Hall–Kier alpha value is -1.67. The van der Waals surface area contributed by atoms with E-state index in [0.717, 1.165) is 0 Å². The van der Waals surface area contributed by atoms with Crippen LogP contribution in [-0.2, 0) is 9.47 Å². The number of carbonyl (C=O) groups is 1. The van der Waals surface area contributed by atoms with Gasteiger partial charge < -0.3 is 20.5 Å². The van der Waals surface area contributed by atoms with Gasteiger partial charge in [-0.1, -0.05) is 0 Å². The fraction of sp³-hybridized carbons (Fsp3) is 0.625. The van der Waals surface area contributed by atoms with Crippen LogP contribution in [0, 0.1) is 0 Å². The molecule has 0 fully saturated rings. The van der Waals surface area contributed by atoms with Crippen LogP contribution in [0.3, 0.4) is 0 Å². The molecule has 1 amide bonds. The number of hydrogen-bond donors (Lipinski definition) is 2. The number of hydrogen-bond acceptors (Lipinski definition) is 7. The van der Waals surface area contributed by atoms with Crippen molar-refractivity contribution in [1.82, 2.24) is 15.6 Å². The Labute approximate surface area is 92.0 Å². The average molecular weight is 230 g/mol. The Morgan fingerprint density at radius 2 is 2.31 bits per heavy atom. The predicted molar refractivity (Wildman–Crippen MR) is 53.7 cm³/mol. The first-order valence-electron chi connectivity index (χ1n) is 4.57. The van der Waals surface area contributed by atoms with Gasteiger partial charge in [-0.15, -0.1) is 0 Å². The van der Waals surface area contributed by atoms with E-state index in [2.05, 4.69) is 20.3 Å². The molecule has 0 aromatic carbocycles. The average Bonchev–Trinajstić information content (AvgIpc) is 2.70. The lowest BCUT2D eigenvalue weighted by Crippen LogP contribution is -2.36. The van der Waals surface area contributed by atoms with Crippen molar-refractivity contribution < 1.29 is 18.9 Å². The number of nitrogen functional groups attached to an aromatic ring is 1. The van der Waals surface area contributed by atoms with Crippen molar-refractivity contribution in [2.75, 3.05) is 33.1 Å². The summed E-state index contributed by atoms with van der Waals surface area (Å²) in [6.07, 6.45) is -0.227. The topological polar surface area (TPSA) is 112 Å².